The largest absolute Gasteiger partial charge is 0.315 e. The summed E-state index contributed by atoms with van der Waals surface area (Å²) >= 11 is 1.31. The molecule has 3 aromatic heterocycles. The Bertz CT molecular complexity index is 1260. The molecule has 1 amide bonds. The van der Waals surface area contributed by atoms with Crippen molar-refractivity contribution in [2.75, 3.05) is 5.32 Å². The Morgan fingerprint density at radius 2 is 1.75 bits per heavy atom. The highest BCUT2D eigenvalue weighted by atomic mass is 32.1. The molecule has 0 aliphatic carbocycles. The number of anilines is 1. The fourth-order valence-electron chi connectivity index (χ4n) is 3.03. The number of carbonyl (C=O) groups excluding carboxylic acids is 1. The van der Waals surface area contributed by atoms with Crippen molar-refractivity contribution in [3.63, 3.8) is 0 Å². The second kappa shape index (κ2) is 7.01. The number of hydrogen-bond donors (Lipinski definition) is 1. The van der Waals surface area contributed by atoms with Gasteiger partial charge in [-0.15, -0.1) is 11.3 Å². The summed E-state index contributed by atoms with van der Waals surface area (Å²) in [6.45, 7) is 5.41. The van der Waals surface area contributed by atoms with Crippen LogP contribution >= 0.6 is 11.3 Å². The van der Waals surface area contributed by atoms with Gasteiger partial charge in [-0.2, -0.15) is 0 Å². The van der Waals surface area contributed by atoms with Crippen LogP contribution in [-0.4, -0.2) is 20.3 Å². The van der Waals surface area contributed by atoms with Gasteiger partial charge < -0.3 is 5.32 Å². The second-order valence-corrected chi connectivity index (χ2v) is 7.51. The van der Waals surface area contributed by atoms with Crippen molar-refractivity contribution in [1.82, 2.24) is 14.4 Å². The van der Waals surface area contributed by atoms with E-state index in [1.54, 1.807) is 26.1 Å². The molecule has 7 heteroatoms. The average molecular weight is 390 g/mol. The minimum atomic E-state index is -0.355. The summed E-state index contributed by atoms with van der Waals surface area (Å²) in [5, 5.41) is 3.52. The van der Waals surface area contributed by atoms with E-state index < -0.39 is 0 Å². The first-order valence-electron chi connectivity index (χ1n) is 8.78. The van der Waals surface area contributed by atoms with Gasteiger partial charge in [-0.3, -0.25) is 14.0 Å². The van der Waals surface area contributed by atoms with Crippen LogP contribution in [0.25, 0.3) is 16.2 Å². The SMILES string of the molecule is Cc1nc(-c2ccccc2)sc1C(=O)Nc1c(C)nc2c(C)cccn2c1=O. The number of pyridine rings is 1. The molecule has 4 rings (SSSR count). The quantitative estimate of drug-likeness (QED) is 0.574. The van der Waals surface area contributed by atoms with Gasteiger partial charge in [0.1, 0.15) is 21.2 Å². The zero-order valence-corrected chi connectivity index (χ0v) is 16.5. The molecule has 0 saturated heterocycles. The minimum absolute atomic E-state index is 0.183. The van der Waals surface area contributed by atoms with Crippen molar-refractivity contribution >= 4 is 28.6 Å². The number of carbonyl (C=O) groups is 1. The summed E-state index contributed by atoms with van der Waals surface area (Å²) in [5.74, 6) is -0.355. The molecule has 0 saturated carbocycles. The molecule has 140 valence electrons. The van der Waals surface area contributed by atoms with Crippen LogP contribution in [0.3, 0.4) is 0 Å². The molecule has 3 heterocycles. The van der Waals surface area contributed by atoms with E-state index in [0.29, 0.717) is 21.9 Å². The average Bonchev–Trinajstić information content (AvgIpc) is 3.08. The molecule has 1 N–H and O–H groups in total. The molecule has 28 heavy (non-hydrogen) atoms. The van der Waals surface area contributed by atoms with Gasteiger partial charge in [-0.05, 0) is 32.4 Å². The van der Waals surface area contributed by atoms with Crippen molar-refractivity contribution in [2.45, 2.75) is 20.8 Å². The van der Waals surface area contributed by atoms with Gasteiger partial charge in [0.2, 0.25) is 0 Å². The lowest BCUT2D eigenvalue weighted by molar-refractivity contribution is 0.102. The van der Waals surface area contributed by atoms with Gasteiger partial charge in [0.25, 0.3) is 11.5 Å². The van der Waals surface area contributed by atoms with Crippen molar-refractivity contribution in [1.29, 1.82) is 0 Å². The molecule has 0 aliphatic heterocycles. The van der Waals surface area contributed by atoms with Crippen LogP contribution in [0.1, 0.15) is 26.6 Å². The summed E-state index contributed by atoms with van der Waals surface area (Å²) in [6.07, 6.45) is 1.65. The Morgan fingerprint density at radius 1 is 1.00 bits per heavy atom. The maximum Gasteiger partial charge on any atom is 0.281 e. The number of rotatable bonds is 3. The van der Waals surface area contributed by atoms with E-state index in [1.165, 1.54) is 15.7 Å². The topological polar surface area (TPSA) is 76.4 Å². The van der Waals surface area contributed by atoms with Crippen molar-refractivity contribution in [2.24, 2.45) is 0 Å². The Labute approximate surface area is 165 Å². The normalized spacial score (nSPS) is 11.0. The van der Waals surface area contributed by atoms with Crippen LogP contribution in [0.2, 0.25) is 0 Å². The Kier molecular flexibility index (Phi) is 4.52. The highest BCUT2D eigenvalue weighted by Gasteiger charge is 2.19. The number of aryl methyl sites for hydroxylation is 3. The van der Waals surface area contributed by atoms with Gasteiger partial charge in [0, 0.05) is 11.8 Å². The van der Waals surface area contributed by atoms with Crippen LogP contribution in [0.4, 0.5) is 5.69 Å². The van der Waals surface area contributed by atoms with Crippen LogP contribution in [0.5, 0.6) is 0 Å². The number of thiazole rings is 1. The molecule has 0 unspecified atom stereocenters. The number of benzene rings is 1. The first kappa shape index (κ1) is 18.1. The number of hydrogen-bond acceptors (Lipinski definition) is 5. The molecule has 0 fully saturated rings. The lowest BCUT2D eigenvalue weighted by Crippen LogP contribution is -2.25. The van der Waals surface area contributed by atoms with Crippen molar-refractivity contribution < 1.29 is 4.79 Å². The van der Waals surface area contributed by atoms with Crippen LogP contribution in [-0.2, 0) is 0 Å². The predicted molar refractivity (Wildman–Crippen MR) is 111 cm³/mol. The monoisotopic (exact) mass is 390 g/mol. The highest BCUT2D eigenvalue weighted by Crippen LogP contribution is 2.28. The zero-order valence-electron chi connectivity index (χ0n) is 15.7. The summed E-state index contributed by atoms with van der Waals surface area (Å²) in [6, 6.07) is 13.4. The van der Waals surface area contributed by atoms with E-state index >= 15 is 0 Å². The van der Waals surface area contributed by atoms with Crippen molar-refractivity contribution in [3.05, 3.63) is 80.8 Å². The lowest BCUT2D eigenvalue weighted by Gasteiger charge is -2.10. The van der Waals surface area contributed by atoms with Crippen LogP contribution in [0, 0.1) is 20.8 Å². The maximum atomic E-state index is 12.9. The number of aromatic nitrogens is 3. The number of fused-ring (bicyclic) bond motifs is 1. The first-order valence-corrected chi connectivity index (χ1v) is 9.60. The van der Waals surface area contributed by atoms with Gasteiger partial charge in [0.15, 0.2) is 0 Å². The smallest absolute Gasteiger partial charge is 0.281 e. The highest BCUT2D eigenvalue weighted by molar-refractivity contribution is 7.17. The number of nitrogens with one attached hydrogen (secondary N) is 1. The van der Waals surface area contributed by atoms with Crippen molar-refractivity contribution in [3.8, 4) is 10.6 Å². The fraction of sp³-hybridized carbons (Fsp3) is 0.143. The first-order chi connectivity index (χ1) is 13.5. The summed E-state index contributed by atoms with van der Waals surface area (Å²) in [7, 11) is 0. The maximum absolute atomic E-state index is 12.9. The van der Waals surface area contributed by atoms with E-state index in [1.807, 2.05) is 43.3 Å². The third-order valence-corrected chi connectivity index (χ3v) is 5.70. The van der Waals surface area contributed by atoms with E-state index in [0.717, 1.165) is 16.1 Å². The van der Waals surface area contributed by atoms with Gasteiger partial charge in [-0.25, -0.2) is 9.97 Å². The fourth-order valence-corrected chi connectivity index (χ4v) is 4.00. The third-order valence-electron chi connectivity index (χ3n) is 4.49. The summed E-state index contributed by atoms with van der Waals surface area (Å²) in [4.78, 5) is 35.2. The van der Waals surface area contributed by atoms with E-state index in [4.69, 9.17) is 0 Å². The molecule has 6 nitrogen and oxygen atoms in total. The molecule has 1 aromatic carbocycles. The van der Waals surface area contributed by atoms with E-state index in [2.05, 4.69) is 15.3 Å². The molecule has 4 aromatic rings. The molecular formula is C21H18N4O2S. The van der Waals surface area contributed by atoms with Crippen LogP contribution in [0.15, 0.2) is 53.5 Å². The molecule has 0 radical (unpaired) electrons. The molecule has 0 bridgehead atoms. The Hall–Kier alpha value is -3.32. The Balaban J connectivity index is 1.72. The molecular weight excluding hydrogens is 372 g/mol. The zero-order chi connectivity index (χ0) is 19.8. The minimum Gasteiger partial charge on any atom is -0.315 e. The number of nitrogens with zero attached hydrogens (tertiary/aromatic N) is 3. The van der Waals surface area contributed by atoms with Gasteiger partial charge in [0.05, 0.1) is 11.4 Å². The van der Waals surface area contributed by atoms with Gasteiger partial charge >= 0.3 is 0 Å². The summed E-state index contributed by atoms with van der Waals surface area (Å²) < 4.78 is 1.45. The molecule has 0 atom stereocenters. The van der Waals surface area contributed by atoms with E-state index in [9.17, 15) is 9.59 Å². The molecule has 0 aliphatic rings. The Morgan fingerprint density at radius 3 is 2.50 bits per heavy atom. The van der Waals surface area contributed by atoms with Crippen LogP contribution < -0.4 is 10.9 Å². The standard InChI is InChI=1S/C21H18N4O2S/c1-12-8-7-11-25-18(12)22-13(2)16(21(25)27)24-19(26)17-14(3)23-20(28-17)15-9-5-4-6-10-15/h4-11H,1-3H3,(H,24,26). The van der Waals surface area contributed by atoms with Gasteiger partial charge in [-0.1, -0.05) is 36.4 Å². The summed E-state index contributed by atoms with van der Waals surface area (Å²) in [5.41, 5.74) is 3.43. The van der Waals surface area contributed by atoms with E-state index in [-0.39, 0.29) is 17.2 Å². The molecule has 0 spiro atoms. The number of amides is 1. The third kappa shape index (κ3) is 3.10. The lowest BCUT2D eigenvalue weighted by atomic mass is 10.2. The second-order valence-electron chi connectivity index (χ2n) is 6.52. The predicted octanol–water partition coefficient (Wildman–Crippen LogP) is 4.00.